The zero-order valence-corrected chi connectivity index (χ0v) is 12.2. The van der Waals surface area contributed by atoms with Crippen LogP contribution in [0.15, 0.2) is 42.6 Å². The van der Waals surface area contributed by atoms with Crippen LogP contribution in [0, 0.1) is 0 Å². The van der Waals surface area contributed by atoms with Crippen molar-refractivity contribution >= 4 is 11.6 Å². The van der Waals surface area contributed by atoms with E-state index in [0.717, 1.165) is 17.8 Å². The maximum Gasteiger partial charge on any atom is 0.272 e. The number of anilines is 1. The average molecular weight is 271 g/mol. The number of benzene rings is 1. The zero-order valence-electron chi connectivity index (χ0n) is 12.2. The number of carbonyl (C=O) groups is 1. The lowest BCUT2D eigenvalue weighted by Gasteiger charge is -2.13. The Morgan fingerprint density at radius 1 is 1.25 bits per heavy atom. The molecule has 0 atom stereocenters. The SMILES string of the molecule is CNCc1cccc(NC(=O)c2cccn2C(C)C)c1. The molecular formula is C16H21N3O. The van der Waals surface area contributed by atoms with Crippen molar-refractivity contribution in [2.24, 2.45) is 0 Å². The van der Waals surface area contributed by atoms with Gasteiger partial charge in [-0.05, 0) is 50.7 Å². The van der Waals surface area contributed by atoms with E-state index in [9.17, 15) is 4.79 Å². The third kappa shape index (κ3) is 3.27. The Morgan fingerprint density at radius 2 is 2.05 bits per heavy atom. The van der Waals surface area contributed by atoms with Crippen molar-refractivity contribution in [1.82, 2.24) is 9.88 Å². The van der Waals surface area contributed by atoms with Gasteiger partial charge in [-0.25, -0.2) is 0 Å². The Hall–Kier alpha value is -2.07. The van der Waals surface area contributed by atoms with E-state index in [-0.39, 0.29) is 11.9 Å². The summed E-state index contributed by atoms with van der Waals surface area (Å²) in [5, 5.41) is 6.05. The Bertz CT molecular complexity index is 587. The predicted octanol–water partition coefficient (Wildman–Crippen LogP) is 3.04. The van der Waals surface area contributed by atoms with Crippen LogP contribution in [-0.4, -0.2) is 17.5 Å². The molecule has 106 valence electrons. The summed E-state index contributed by atoms with van der Waals surface area (Å²) in [5.41, 5.74) is 2.64. The van der Waals surface area contributed by atoms with E-state index in [0.29, 0.717) is 5.69 Å². The molecule has 20 heavy (non-hydrogen) atoms. The highest BCUT2D eigenvalue weighted by Gasteiger charge is 2.12. The monoisotopic (exact) mass is 271 g/mol. The van der Waals surface area contributed by atoms with E-state index in [1.807, 2.05) is 54.2 Å². The number of hydrogen-bond donors (Lipinski definition) is 2. The molecule has 2 rings (SSSR count). The van der Waals surface area contributed by atoms with Crippen LogP contribution in [0.1, 0.15) is 35.9 Å². The molecule has 0 saturated carbocycles. The predicted molar refractivity (Wildman–Crippen MR) is 82.0 cm³/mol. The van der Waals surface area contributed by atoms with Crippen LogP contribution in [-0.2, 0) is 6.54 Å². The van der Waals surface area contributed by atoms with E-state index in [1.54, 1.807) is 0 Å². The molecule has 0 aliphatic rings. The van der Waals surface area contributed by atoms with Crippen molar-refractivity contribution in [3.63, 3.8) is 0 Å². The highest BCUT2D eigenvalue weighted by molar-refractivity contribution is 6.03. The van der Waals surface area contributed by atoms with E-state index < -0.39 is 0 Å². The van der Waals surface area contributed by atoms with Gasteiger partial charge in [0.1, 0.15) is 5.69 Å². The second kappa shape index (κ2) is 6.39. The van der Waals surface area contributed by atoms with Crippen LogP contribution >= 0.6 is 0 Å². The number of nitrogens with one attached hydrogen (secondary N) is 2. The van der Waals surface area contributed by atoms with Gasteiger partial charge in [0.25, 0.3) is 5.91 Å². The molecule has 4 heteroatoms. The second-order valence-electron chi connectivity index (χ2n) is 5.08. The van der Waals surface area contributed by atoms with Gasteiger partial charge in [0, 0.05) is 24.5 Å². The Balaban J connectivity index is 2.15. The van der Waals surface area contributed by atoms with Gasteiger partial charge < -0.3 is 15.2 Å². The Kier molecular flexibility index (Phi) is 4.58. The molecule has 2 N–H and O–H groups in total. The van der Waals surface area contributed by atoms with Crippen LogP contribution in [0.5, 0.6) is 0 Å². The van der Waals surface area contributed by atoms with Crippen LogP contribution < -0.4 is 10.6 Å². The van der Waals surface area contributed by atoms with Crippen molar-refractivity contribution in [3.05, 3.63) is 53.9 Å². The first-order valence-electron chi connectivity index (χ1n) is 6.83. The van der Waals surface area contributed by atoms with Gasteiger partial charge in [-0.3, -0.25) is 4.79 Å². The maximum absolute atomic E-state index is 12.3. The summed E-state index contributed by atoms with van der Waals surface area (Å²) in [6, 6.07) is 11.9. The van der Waals surface area contributed by atoms with Crippen LogP contribution in [0.25, 0.3) is 0 Å². The number of hydrogen-bond acceptors (Lipinski definition) is 2. The average Bonchev–Trinajstić information content (AvgIpc) is 2.89. The van der Waals surface area contributed by atoms with Crippen LogP contribution in [0.3, 0.4) is 0 Å². The summed E-state index contributed by atoms with van der Waals surface area (Å²) >= 11 is 0. The van der Waals surface area contributed by atoms with Gasteiger partial charge in [0.05, 0.1) is 0 Å². The number of aromatic nitrogens is 1. The zero-order chi connectivity index (χ0) is 14.5. The molecule has 0 aliphatic heterocycles. The minimum absolute atomic E-state index is 0.0784. The number of amides is 1. The normalized spacial score (nSPS) is 10.8. The highest BCUT2D eigenvalue weighted by atomic mass is 16.1. The molecule has 1 aromatic carbocycles. The molecule has 0 aliphatic carbocycles. The molecule has 1 aromatic heterocycles. The van der Waals surface area contributed by atoms with Gasteiger partial charge in [-0.15, -0.1) is 0 Å². The lowest BCUT2D eigenvalue weighted by molar-refractivity contribution is 0.101. The number of nitrogens with zero attached hydrogens (tertiary/aromatic N) is 1. The van der Waals surface area contributed by atoms with Crippen molar-refractivity contribution in [1.29, 1.82) is 0 Å². The molecule has 0 radical (unpaired) electrons. The van der Waals surface area contributed by atoms with E-state index in [4.69, 9.17) is 0 Å². The van der Waals surface area contributed by atoms with Gasteiger partial charge in [-0.2, -0.15) is 0 Å². The molecule has 0 spiro atoms. The van der Waals surface area contributed by atoms with E-state index in [1.165, 1.54) is 0 Å². The quantitative estimate of drug-likeness (QED) is 0.878. The lowest BCUT2D eigenvalue weighted by atomic mass is 10.2. The fourth-order valence-electron chi connectivity index (χ4n) is 2.19. The van der Waals surface area contributed by atoms with Gasteiger partial charge >= 0.3 is 0 Å². The molecule has 2 aromatic rings. The minimum Gasteiger partial charge on any atom is -0.341 e. The van der Waals surface area contributed by atoms with Crippen molar-refractivity contribution in [2.45, 2.75) is 26.4 Å². The van der Waals surface area contributed by atoms with Crippen LogP contribution in [0.4, 0.5) is 5.69 Å². The van der Waals surface area contributed by atoms with Crippen molar-refractivity contribution in [3.8, 4) is 0 Å². The summed E-state index contributed by atoms with van der Waals surface area (Å²) < 4.78 is 1.97. The first kappa shape index (κ1) is 14.3. The first-order valence-corrected chi connectivity index (χ1v) is 6.83. The van der Waals surface area contributed by atoms with E-state index >= 15 is 0 Å². The van der Waals surface area contributed by atoms with Gasteiger partial charge in [-0.1, -0.05) is 12.1 Å². The van der Waals surface area contributed by atoms with E-state index in [2.05, 4.69) is 24.5 Å². The molecule has 1 heterocycles. The molecule has 4 nitrogen and oxygen atoms in total. The summed E-state index contributed by atoms with van der Waals surface area (Å²) in [5.74, 6) is -0.0784. The number of carbonyl (C=O) groups excluding carboxylic acids is 1. The minimum atomic E-state index is -0.0784. The smallest absolute Gasteiger partial charge is 0.272 e. The molecule has 0 saturated heterocycles. The summed E-state index contributed by atoms with van der Waals surface area (Å²) in [4.78, 5) is 12.3. The fourth-order valence-corrected chi connectivity index (χ4v) is 2.19. The Morgan fingerprint density at radius 3 is 2.75 bits per heavy atom. The number of rotatable bonds is 5. The topological polar surface area (TPSA) is 46.1 Å². The highest BCUT2D eigenvalue weighted by Crippen LogP contribution is 2.15. The molecule has 0 unspecified atom stereocenters. The molecule has 0 fully saturated rings. The summed E-state index contributed by atoms with van der Waals surface area (Å²) in [6.45, 7) is 4.90. The van der Waals surface area contributed by atoms with Crippen molar-refractivity contribution < 1.29 is 4.79 Å². The third-order valence-electron chi connectivity index (χ3n) is 3.13. The maximum atomic E-state index is 12.3. The molecular weight excluding hydrogens is 250 g/mol. The Labute approximate surface area is 119 Å². The third-order valence-corrected chi connectivity index (χ3v) is 3.13. The van der Waals surface area contributed by atoms with Gasteiger partial charge in [0.15, 0.2) is 0 Å². The van der Waals surface area contributed by atoms with Crippen LogP contribution in [0.2, 0.25) is 0 Å². The summed E-state index contributed by atoms with van der Waals surface area (Å²) in [6.07, 6.45) is 1.93. The molecule has 0 bridgehead atoms. The first-order chi connectivity index (χ1) is 9.61. The van der Waals surface area contributed by atoms with Gasteiger partial charge in [0.2, 0.25) is 0 Å². The molecule has 1 amide bonds. The van der Waals surface area contributed by atoms with Crippen molar-refractivity contribution in [2.75, 3.05) is 12.4 Å². The second-order valence-corrected chi connectivity index (χ2v) is 5.08. The largest absolute Gasteiger partial charge is 0.341 e. The standard InChI is InChI=1S/C16H21N3O/c1-12(2)19-9-5-8-15(19)16(20)18-14-7-4-6-13(10-14)11-17-3/h4-10,12,17H,11H2,1-3H3,(H,18,20). The fraction of sp³-hybridized carbons (Fsp3) is 0.312. The lowest BCUT2D eigenvalue weighted by Crippen LogP contribution is -2.18. The summed E-state index contributed by atoms with van der Waals surface area (Å²) in [7, 11) is 1.90.